The Bertz CT molecular complexity index is 113. The molecule has 2 heteroatoms. The van der Waals surface area contributed by atoms with E-state index in [1.54, 1.807) is 0 Å². The lowest BCUT2D eigenvalue weighted by atomic mass is 10.2. The summed E-state index contributed by atoms with van der Waals surface area (Å²) in [6, 6.07) is 0. The molecular weight excluding hydrogens is 160 g/mol. The second-order valence-corrected chi connectivity index (χ2v) is 4.15. The van der Waals surface area contributed by atoms with Crippen LogP contribution in [0.2, 0.25) is 0 Å². The molecule has 0 amide bonds. The van der Waals surface area contributed by atoms with Crippen LogP contribution in [0.5, 0.6) is 0 Å². The predicted molar refractivity (Wildman–Crippen MR) is 58.1 cm³/mol. The van der Waals surface area contributed by atoms with E-state index in [-0.39, 0.29) is 0 Å². The van der Waals surface area contributed by atoms with E-state index in [0.29, 0.717) is 0 Å². The maximum absolute atomic E-state index is 2.59. The summed E-state index contributed by atoms with van der Waals surface area (Å²) in [4.78, 5) is 5.06. The van der Waals surface area contributed by atoms with E-state index >= 15 is 0 Å². The van der Waals surface area contributed by atoms with Crippen LogP contribution >= 0.6 is 0 Å². The minimum Gasteiger partial charge on any atom is -0.306 e. The average Bonchev–Trinajstić information content (AvgIpc) is 2.16. The molecule has 1 rings (SSSR count). The molecule has 1 fully saturated rings. The first-order valence-electron chi connectivity index (χ1n) is 5.74. The van der Waals surface area contributed by atoms with Gasteiger partial charge in [-0.3, -0.25) is 0 Å². The lowest BCUT2D eigenvalue weighted by Gasteiger charge is -2.24. The summed E-state index contributed by atoms with van der Waals surface area (Å²) < 4.78 is 0. The molecule has 1 heterocycles. The van der Waals surface area contributed by atoms with E-state index in [1.807, 2.05) is 0 Å². The van der Waals surface area contributed by atoms with Gasteiger partial charge in [0.25, 0.3) is 0 Å². The summed E-state index contributed by atoms with van der Waals surface area (Å²) in [7, 11) is 2.25. The van der Waals surface area contributed by atoms with Gasteiger partial charge >= 0.3 is 0 Å². The summed E-state index contributed by atoms with van der Waals surface area (Å²) in [5, 5.41) is 0. The Hall–Kier alpha value is -0.0800. The first-order chi connectivity index (χ1) is 6.33. The van der Waals surface area contributed by atoms with Crippen molar-refractivity contribution in [1.82, 2.24) is 9.80 Å². The third-order valence-corrected chi connectivity index (χ3v) is 2.98. The highest BCUT2D eigenvalue weighted by Crippen LogP contribution is 2.04. The van der Waals surface area contributed by atoms with E-state index in [9.17, 15) is 0 Å². The Balaban J connectivity index is 2.24. The fourth-order valence-corrected chi connectivity index (χ4v) is 1.97. The molecule has 0 saturated carbocycles. The van der Waals surface area contributed by atoms with Gasteiger partial charge in [0, 0.05) is 0 Å². The van der Waals surface area contributed by atoms with Gasteiger partial charge in [0.1, 0.15) is 0 Å². The van der Waals surface area contributed by atoms with Crippen LogP contribution in [0.1, 0.15) is 32.6 Å². The smallest absolute Gasteiger partial charge is 0.00184 e. The molecule has 1 aliphatic rings. The zero-order chi connectivity index (χ0) is 9.52. The number of hydrogen-bond donors (Lipinski definition) is 0. The van der Waals surface area contributed by atoms with E-state index in [0.717, 1.165) is 0 Å². The van der Waals surface area contributed by atoms with Crippen LogP contribution < -0.4 is 0 Å². The predicted octanol–water partition coefficient (Wildman–Crippen LogP) is 1.81. The van der Waals surface area contributed by atoms with Crippen molar-refractivity contribution < 1.29 is 0 Å². The van der Waals surface area contributed by atoms with Crippen molar-refractivity contribution in [3.8, 4) is 0 Å². The second-order valence-electron chi connectivity index (χ2n) is 4.15. The average molecular weight is 184 g/mol. The lowest BCUT2D eigenvalue weighted by molar-refractivity contribution is 0.237. The molecule has 0 bridgehead atoms. The third-order valence-electron chi connectivity index (χ3n) is 2.98. The van der Waals surface area contributed by atoms with Crippen LogP contribution in [0.4, 0.5) is 0 Å². The molecule has 0 radical (unpaired) electrons. The van der Waals surface area contributed by atoms with Crippen molar-refractivity contribution in [2.24, 2.45) is 0 Å². The molecule has 0 aliphatic carbocycles. The van der Waals surface area contributed by atoms with Crippen LogP contribution in [0.15, 0.2) is 0 Å². The van der Waals surface area contributed by atoms with Crippen LogP contribution in [0.3, 0.4) is 0 Å². The Morgan fingerprint density at radius 1 is 0.846 bits per heavy atom. The topological polar surface area (TPSA) is 6.48 Å². The van der Waals surface area contributed by atoms with Crippen molar-refractivity contribution in [3.05, 3.63) is 0 Å². The van der Waals surface area contributed by atoms with Crippen molar-refractivity contribution in [3.63, 3.8) is 0 Å². The van der Waals surface area contributed by atoms with Crippen LogP contribution in [-0.4, -0.2) is 49.6 Å². The monoisotopic (exact) mass is 184 g/mol. The van der Waals surface area contributed by atoms with Crippen molar-refractivity contribution in [1.29, 1.82) is 0 Å². The van der Waals surface area contributed by atoms with Crippen molar-refractivity contribution in [2.75, 3.05) is 39.8 Å². The molecule has 78 valence electrons. The highest BCUT2D eigenvalue weighted by molar-refractivity contribution is 4.61. The molecule has 1 saturated heterocycles. The fraction of sp³-hybridized carbons (Fsp3) is 1.00. The summed E-state index contributed by atoms with van der Waals surface area (Å²) in [6.45, 7) is 8.71. The van der Waals surface area contributed by atoms with E-state index in [4.69, 9.17) is 0 Å². The molecule has 0 unspecified atom stereocenters. The molecule has 1 aliphatic heterocycles. The number of rotatable bonds is 1. The Morgan fingerprint density at radius 3 is 1.77 bits per heavy atom. The van der Waals surface area contributed by atoms with Crippen LogP contribution in [-0.2, 0) is 0 Å². The van der Waals surface area contributed by atoms with Gasteiger partial charge < -0.3 is 9.80 Å². The molecule has 0 aromatic heterocycles. The van der Waals surface area contributed by atoms with Gasteiger partial charge in [-0.25, -0.2) is 0 Å². The van der Waals surface area contributed by atoms with Crippen LogP contribution in [0.25, 0.3) is 0 Å². The summed E-state index contributed by atoms with van der Waals surface area (Å²) in [6.07, 6.45) is 5.48. The van der Waals surface area contributed by atoms with Gasteiger partial charge in [-0.1, -0.05) is 6.92 Å². The van der Waals surface area contributed by atoms with Gasteiger partial charge in [0.15, 0.2) is 0 Å². The highest BCUT2D eigenvalue weighted by atomic mass is 15.1. The zero-order valence-electron chi connectivity index (χ0n) is 9.26. The summed E-state index contributed by atoms with van der Waals surface area (Å²) >= 11 is 0. The van der Waals surface area contributed by atoms with Crippen molar-refractivity contribution >= 4 is 0 Å². The first-order valence-corrected chi connectivity index (χ1v) is 5.74. The molecule has 2 nitrogen and oxygen atoms in total. The molecule has 0 spiro atoms. The largest absolute Gasteiger partial charge is 0.306 e. The molecule has 0 N–H and O–H groups in total. The Labute approximate surface area is 82.9 Å². The molecule has 13 heavy (non-hydrogen) atoms. The van der Waals surface area contributed by atoms with E-state index in [2.05, 4.69) is 23.8 Å². The maximum atomic E-state index is 2.59. The molecule has 0 atom stereocenters. The standard InChI is InChI=1S/C11H24N2/c1-3-13-10-6-4-8-12(2)9-5-7-11-13/h3-11H2,1-2H3. The summed E-state index contributed by atoms with van der Waals surface area (Å²) in [5.41, 5.74) is 0. The van der Waals surface area contributed by atoms with Gasteiger partial charge in [0.05, 0.1) is 0 Å². The van der Waals surface area contributed by atoms with Crippen LogP contribution in [0, 0.1) is 0 Å². The van der Waals surface area contributed by atoms with Gasteiger partial charge in [-0.15, -0.1) is 0 Å². The highest BCUT2D eigenvalue weighted by Gasteiger charge is 2.05. The lowest BCUT2D eigenvalue weighted by Crippen LogP contribution is -2.29. The normalized spacial score (nSPS) is 24.5. The van der Waals surface area contributed by atoms with E-state index < -0.39 is 0 Å². The fourth-order valence-electron chi connectivity index (χ4n) is 1.97. The molecule has 0 aromatic rings. The first kappa shape index (κ1) is 11.0. The van der Waals surface area contributed by atoms with Gasteiger partial charge in [-0.2, -0.15) is 0 Å². The van der Waals surface area contributed by atoms with E-state index in [1.165, 1.54) is 58.4 Å². The van der Waals surface area contributed by atoms with Gasteiger partial charge in [-0.05, 0) is 65.5 Å². The Kier molecular flexibility index (Phi) is 5.40. The third kappa shape index (κ3) is 4.63. The second kappa shape index (κ2) is 6.39. The molecule has 0 aromatic carbocycles. The minimum absolute atomic E-state index is 1.23. The molecular formula is C11H24N2. The SMILES string of the molecule is CCN1CCCCN(C)CCCC1. The van der Waals surface area contributed by atoms with Crippen molar-refractivity contribution in [2.45, 2.75) is 32.6 Å². The summed E-state index contributed by atoms with van der Waals surface area (Å²) in [5.74, 6) is 0. The number of nitrogens with zero attached hydrogens (tertiary/aromatic N) is 2. The maximum Gasteiger partial charge on any atom is -0.00184 e. The quantitative estimate of drug-likeness (QED) is 0.613. The number of hydrogen-bond acceptors (Lipinski definition) is 2. The minimum atomic E-state index is 1.23. The Morgan fingerprint density at radius 2 is 1.31 bits per heavy atom. The van der Waals surface area contributed by atoms with Gasteiger partial charge in [0.2, 0.25) is 0 Å². The zero-order valence-corrected chi connectivity index (χ0v) is 9.26.